The highest BCUT2D eigenvalue weighted by atomic mass is 15.1. The van der Waals surface area contributed by atoms with E-state index in [-0.39, 0.29) is 0 Å². The number of hydrogen-bond acceptors (Lipinski definition) is 2. The summed E-state index contributed by atoms with van der Waals surface area (Å²) in [5.74, 6) is 0. The van der Waals surface area contributed by atoms with Crippen LogP contribution in [0, 0.1) is 0 Å². The van der Waals surface area contributed by atoms with Gasteiger partial charge in [-0.1, -0.05) is 6.92 Å². The van der Waals surface area contributed by atoms with Gasteiger partial charge in [-0.2, -0.15) is 0 Å². The molecule has 0 amide bonds. The summed E-state index contributed by atoms with van der Waals surface area (Å²) in [7, 11) is 4.12. The molecule has 0 saturated heterocycles. The third kappa shape index (κ3) is 2.05. The van der Waals surface area contributed by atoms with E-state index in [1.807, 2.05) is 24.1 Å². The molecular formula is C8H15N3. The fourth-order valence-electron chi connectivity index (χ4n) is 0.925. The molecule has 0 N–H and O–H groups in total. The van der Waals surface area contributed by atoms with Gasteiger partial charge in [0.05, 0.1) is 12.0 Å². The molecule has 0 aliphatic carbocycles. The third-order valence-corrected chi connectivity index (χ3v) is 1.89. The van der Waals surface area contributed by atoms with Crippen molar-refractivity contribution in [1.29, 1.82) is 0 Å². The molecular weight excluding hydrogens is 138 g/mol. The zero-order chi connectivity index (χ0) is 8.27. The van der Waals surface area contributed by atoms with Crippen LogP contribution in [0.4, 0.5) is 0 Å². The standard InChI is InChI=1S/C8H15N3/c1-4-10(2)6-8-5-9-7-11(8)3/h5,7H,4,6H2,1-3H3. The molecule has 0 aliphatic heterocycles. The average molecular weight is 153 g/mol. The minimum absolute atomic E-state index is 0.979. The van der Waals surface area contributed by atoms with Crippen molar-refractivity contribution in [3.8, 4) is 0 Å². The van der Waals surface area contributed by atoms with Crippen molar-refractivity contribution in [3.63, 3.8) is 0 Å². The van der Waals surface area contributed by atoms with Gasteiger partial charge in [-0.05, 0) is 13.6 Å². The van der Waals surface area contributed by atoms with E-state index in [0.29, 0.717) is 0 Å². The van der Waals surface area contributed by atoms with Crippen molar-refractivity contribution in [1.82, 2.24) is 14.5 Å². The summed E-state index contributed by atoms with van der Waals surface area (Å²) in [6.07, 6.45) is 3.74. The summed E-state index contributed by atoms with van der Waals surface area (Å²) in [5.41, 5.74) is 1.26. The van der Waals surface area contributed by atoms with E-state index in [9.17, 15) is 0 Å². The van der Waals surface area contributed by atoms with Crippen LogP contribution in [0.25, 0.3) is 0 Å². The van der Waals surface area contributed by atoms with Gasteiger partial charge < -0.3 is 9.47 Å². The first-order chi connectivity index (χ1) is 5.24. The van der Waals surface area contributed by atoms with Gasteiger partial charge in [-0.15, -0.1) is 0 Å². The van der Waals surface area contributed by atoms with E-state index >= 15 is 0 Å². The first kappa shape index (κ1) is 8.27. The van der Waals surface area contributed by atoms with Crippen LogP contribution < -0.4 is 0 Å². The Hall–Kier alpha value is -0.830. The lowest BCUT2D eigenvalue weighted by Crippen LogP contribution is -2.18. The van der Waals surface area contributed by atoms with Crippen molar-refractivity contribution in [3.05, 3.63) is 18.2 Å². The lowest BCUT2D eigenvalue weighted by Gasteiger charge is -2.13. The fourth-order valence-corrected chi connectivity index (χ4v) is 0.925. The van der Waals surface area contributed by atoms with Crippen LogP contribution >= 0.6 is 0 Å². The maximum absolute atomic E-state index is 4.05. The minimum atomic E-state index is 0.979. The Labute approximate surface area is 67.7 Å². The molecule has 0 aliphatic rings. The molecule has 62 valence electrons. The second-order valence-corrected chi connectivity index (χ2v) is 2.83. The van der Waals surface area contributed by atoms with E-state index < -0.39 is 0 Å². The Morgan fingerprint density at radius 2 is 2.36 bits per heavy atom. The molecule has 11 heavy (non-hydrogen) atoms. The van der Waals surface area contributed by atoms with E-state index in [4.69, 9.17) is 0 Å². The van der Waals surface area contributed by atoms with Crippen LogP contribution in [0.5, 0.6) is 0 Å². The van der Waals surface area contributed by atoms with E-state index in [1.165, 1.54) is 5.69 Å². The summed E-state index contributed by atoms with van der Waals surface area (Å²) in [6, 6.07) is 0. The van der Waals surface area contributed by atoms with Gasteiger partial charge >= 0.3 is 0 Å². The summed E-state index contributed by atoms with van der Waals surface area (Å²) >= 11 is 0. The van der Waals surface area contributed by atoms with Crippen LogP contribution in [0.3, 0.4) is 0 Å². The highest BCUT2D eigenvalue weighted by Crippen LogP contribution is 1.99. The van der Waals surface area contributed by atoms with Gasteiger partial charge in [-0.3, -0.25) is 0 Å². The third-order valence-electron chi connectivity index (χ3n) is 1.89. The summed E-state index contributed by atoms with van der Waals surface area (Å²) in [5, 5.41) is 0. The average Bonchev–Trinajstić information content (AvgIpc) is 2.37. The van der Waals surface area contributed by atoms with Crippen LogP contribution in [-0.2, 0) is 13.6 Å². The van der Waals surface area contributed by atoms with Gasteiger partial charge in [0.2, 0.25) is 0 Å². The molecule has 0 bridgehead atoms. The maximum Gasteiger partial charge on any atom is 0.0945 e. The van der Waals surface area contributed by atoms with Gasteiger partial charge in [0.1, 0.15) is 0 Å². The molecule has 1 aromatic rings. The Morgan fingerprint density at radius 1 is 1.64 bits per heavy atom. The SMILES string of the molecule is CCN(C)Cc1cncn1C. The van der Waals surface area contributed by atoms with Gasteiger partial charge in [0.25, 0.3) is 0 Å². The van der Waals surface area contributed by atoms with Crippen LogP contribution in [-0.4, -0.2) is 28.0 Å². The Balaban J connectivity index is 2.56. The van der Waals surface area contributed by atoms with Crippen molar-refractivity contribution < 1.29 is 0 Å². The lowest BCUT2D eigenvalue weighted by atomic mass is 10.4. The summed E-state index contributed by atoms with van der Waals surface area (Å²) in [4.78, 5) is 6.29. The first-order valence-electron chi connectivity index (χ1n) is 3.87. The van der Waals surface area contributed by atoms with Gasteiger partial charge in [0, 0.05) is 19.8 Å². The predicted octanol–water partition coefficient (Wildman–Crippen LogP) is 0.872. The highest BCUT2D eigenvalue weighted by molar-refractivity contribution is 4.96. The molecule has 0 aromatic carbocycles. The molecule has 0 radical (unpaired) electrons. The molecule has 0 atom stereocenters. The number of aryl methyl sites for hydroxylation is 1. The zero-order valence-electron chi connectivity index (χ0n) is 7.41. The molecule has 3 heteroatoms. The zero-order valence-corrected chi connectivity index (χ0v) is 7.41. The fraction of sp³-hybridized carbons (Fsp3) is 0.625. The van der Waals surface area contributed by atoms with E-state index in [2.05, 4.69) is 23.9 Å². The van der Waals surface area contributed by atoms with E-state index in [0.717, 1.165) is 13.1 Å². The van der Waals surface area contributed by atoms with Crippen molar-refractivity contribution >= 4 is 0 Å². The molecule has 0 saturated carbocycles. The maximum atomic E-state index is 4.05. The monoisotopic (exact) mass is 153 g/mol. The van der Waals surface area contributed by atoms with Crippen molar-refractivity contribution in [2.24, 2.45) is 7.05 Å². The molecule has 1 heterocycles. The number of hydrogen-bond donors (Lipinski definition) is 0. The van der Waals surface area contributed by atoms with E-state index in [1.54, 1.807) is 0 Å². The molecule has 3 nitrogen and oxygen atoms in total. The molecule has 0 spiro atoms. The highest BCUT2D eigenvalue weighted by Gasteiger charge is 2.00. The minimum Gasteiger partial charge on any atom is -0.337 e. The lowest BCUT2D eigenvalue weighted by molar-refractivity contribution is 0.337. The second-order valence-electron chi connectivity index (χ2n) is 2.83. The smallest absolute Gasteiger partial charge is 0.0945 e. The van der Waals surface area contributed by atoms with Crippen molar-refractivity contribution in [2.75, 3.05) is 13.6 Å². The normalized spacial score (nSPS) is 10.9. The quantitative estimate of drug-likeness (QED) is 0.642. The predicted molar refractivity (Wildman–Crippen MR) is 45.2 cm³/mol. The Kier molecular flexibility index (Phi) is 2.65. The Bertz CT molecular complexity index is 217. The van der Waals surface area contributed by atoms with Gasteiger partial charge in [0.15, 0.2) is 0 Å². The topological polar surface area (TPSA) is 21.1 Å². The number of aromatic nitrogens is 2. The summed E-state index contributed by atoms with van der Waals surface area (Å²) < 4.78 is 2.05. The molecule has 1 aromatic heterocycles. The van der Waals surface area contributed by atoms with Crippen molar-refractivity contribution in [2.45, 2.75) is 13.5 Å². The Morgan fingerprint density at radius 3 is 2.82 bits per heavy atom. The van der Waals surface area contributed by atoms with Crippen LogP contribution in [0.15, 0.2) is 12.5 Å². The summed E-state index contributed by atoms with van der Waals surface area (Å²) in [6.45, 7) is 4.20. The second kappa shape index (κ2) is 3.53. The van der Waals surface area contributed by atoms with Gasteiger partial charge in [-0.25, -0.2) is 4.98 Å². The van der Waals surface area contributed by atoms with Crippen LogP contribution in [0.1, 0.15) is 12.6 Å². The molecule has 0 unspecified atom stereocenters. The number of nitrogens with zero attached hydrogens (tertiary/aromatic N) is 3. The molecule has 0 fully saturated rings. The van der Waals surface area contributed by atoms with Crippen LogP contribution in [0.2, 0.25) is 0 Å². The number of rotatable bonds is 3. The molecule has 1 rings (SSSR count). The first-order valence-corrected chi connectivity index (χ1v) is 3.87. The number of imidazole rings is 1. The largest absolute Gasteiger partial charge is 0.337 e.